The summed E-state index contributed by atoms with van der Waals surface area (Å²) in [5, 5.41) is 19.9. The highest BCUT2D eigenvalue weighted by atomic mass is 79.9. The number of ether oxygens (including phenoxy) is 2. The van der Waals surface area contributed by atoms with Crippen LogP contribution in [0.4, 0.5) is 52.4 Å². The van der Waals surface area contributed by atoms with E-state index in [4.69, 9.17) is 29.5 Å². The van der Waals surface area contributed by atoms with E-state index in [1.165, 1.54) is 20.4 Å². The van der Waals surface area contributed by atoms with Gasteiger partial charge in [0.25, 0.3) is 5.91 Å². The molecule has 0 atom stereocenters. The molecule has 588 valence electrons. The number of aromatic nitrogens is 17. The standard InChI is InChI=1S/C23H21N5O3.C22H20N6O3.C18H15BrN4O2.C9H7BrN4.C5H3Br2N.C4H5N3.H2/c1-15-22(16(2)31-27-15)19-8-9-25-20(12-19)28(21-13-24-10-11-26-21)14-17-4-6-18(7-5-17)23(29)30-3;1-14-21(15(2)31-27-14)18-7-8-24-19(11-18)28(20-12-23-9-10-25-20)13-16-3-5-17(6-4-16)22(29)26-30;1-25-18(24)14-4-2-13(3-5-14)12-23(17-11-20-8-9-22-17)16-10-15(19)6-7-21-16;10-7-1-2-12-8(5-7)14-9-6-11-3-4-13-9;6-4-1-2-8-5(7)3-4;5-4-3-6-1-2-7-4;/h4-13H,14H2,1-3H3;3-12,30H,13H2,1-2H3,(H,26,29);2-11H,12H2,1H3;1-6H,(H,12,13,14);1-3H;1-3H,(H2,5,7);1H. The number of benzene rings is 3. The minimum absolute atomic E-state index is 0. The number of halogens is 4. The van der Waals surface area contributed by atoms with E-state index in [1.807, 2.05) is 139 Å². The SMILES string of the molecule is Brc1ccnc(Br)c1.Brc1ccnc(Nc2cnccn2)c1.COC(=O)c1ccc(CN(c2cnccn2)c2cc(-c3c(C)noc3C)ccn2)cc1.COC(=O)c1ccc(CN(c2cnccn2)c2cc(Br)ccn2)cc1.Cc1noc(C)c1-c1ccnc(N(Cc2ccc(C(=O)NO)cc2)c2cnccn2)c1.Nc1cnccn1.[HH]. The summed E-state index contributed by atoms with van der Waals surface area (Å²) in [4.78, 5) is 103. The van der Waals surface area contributed by atoms with E-state index in [0.717, 1.165) is 91.5 Å². The highest BCUT2D eigenvalue weighted by molar-refractivity contribution is 9.11. The Bertz CT molecular complexity index is 5380. The molecular formula is C81H73Br4N23O8. The lowest BCUT2D eigenvalue weighted by Gasteiger charge is -2.23. The largest absolute Gasteiger partial charge is 0.465 e. The molecule has 31 nitrogen and oxygen atoms in total. The maximum absolute atomic E-state index is 11.7. The van der Waals surface area contributed by atoms with Crippen LogP contribution in [0.2, 0.25) is 0 Å². The zero-order chi connectivity index (χ0) is 82.1. The monoisotopic (exact) mass is 1810 g/mol. The van der Waals surface area contributed by atoms with Gasteiger partial charge in [-0.2, -0.15) is 0 Å². The molecule has 0 aliphatic carbocycles. The second-order valence-corrected chi connectivity index (χ2v) is 27.6. The normalized spacial score (nSPS) is 10.3. The molecule has 3 aromatic carbocycles. The van der Waals surface area contributed by atoms with Crippen molar-refractivity contribution in [1.82, 2.24) is 90.6 Å². The van der Waals surface area contributed by atoms with Crippen molar-refractivity contribution in [3.8, 4) is 22.3 Å². The van der Waals surface area contributed by atoms with E-state index in [-0.39, 0.29) is 13.4 Å². The van der Waals surface area contributed by atoms with E-state index in [0.29, 0.717) is 77.0 Å². The first kappa shape index (κ1) is 85.0. The van der Waals surface area contributed by atoms with Gasteiger partial charge in [0.1, 0.15) is 51.0 Å². The molecule has 0 saturated carbocycles. The number of nitrogens with two attached hydrogens (primary N) is 1. The number of rotatable bonds is 19. The number of anilines is 9. The number of hydrogen-bond donors (Lipinski definition) is 4. The molecule has 0 aliphatic rings. The second-order valence-electron chi connectivity index (χ2n) is 24.0. The number of nitrogens with one attached hydrogen (secondary N) is 2. The summed E-state index contributed by atoms with van der Waals surface area (Å²) < 4.78 is 23.9. The van der Waals surface area contributed by atoms with Gasteiger partial charge in [0.2, 0.25) is 0 Å². The first-order chi connectivity index (χ1) is 56.3. The number of hydroxylamine groups is 1. The fraction of sp³-hybridized carbons (Fsp3) is 0.111. The van der Waals surface area contributed by atoms with Crippen molar-refractivity contribution in [3.05, 3.63) is 332 Å². The Kier molecular flexibility index (Phi) is 31.9. The lowest BCUT2D eigenvalue weighted by molar-refractivity contribution is 0.0592. The number of hydrogen-bond acceptors (Lipinski definition) is 30. The number of carbonyl (C=O) groups excluding carboxylic acids is 3. The molecule has 15 aromatic rings. The van der Waals surface area contributed by atoms with Crippen molar-refractivity contribution in [2.24, 2.45) is 0 Å². The topological polar surface area (TPSA) is 395 Å². The third-order valence-corrected chi connectivity index (χ3v) is 18.0. The first-order valence-electron chi connectivity index (χ1n) is 34.6. The molecule has 0 saturated heterocycles. The van der Waals surface area contributed by atoms with Gasteiger partial charge in [-0.05, 0) is 169 Å². The molecule has 0 bridgehead atoms. The fourth-order valence-corrected chi connectivity index (χ4v) is 12.3. The third-order valence-electron chi connectivity index (χ3n) is 16.1. The van der Waals surface area contributed by atoms with Crippen LogP contribution >= 0.6 is 63.7 Å². The van der Waals surface area contributed by atoms with Crippen LogP contribution in [0, 0.1) is 27.7 Å². The summed E-state index contributed by atoms with van der Waals surface area (Å²) in [6, 6.07) is 40.4. The van der Waals surface area contributed by atoms with Crippen LogP contribution in [0.3, 0.4) is 0 Å². The van der Waals surface area contributed by atoms with Crippen molar-refractivity contribution < 1.29 is 39.5 Å². The summed E-state index contributed by atoms with van der Waals surface area (Å²) in [5.74, 6) is 6.16. The van der Waals surface area contributed by atoms with Crippen LogP contribution in [0.5, 0.6) is 0 Å². The molecule has 116 heavy (non-hydrogen) atoms. The van der Waals surface area contributed by atoms with Gasteiger partial charge < -0.3 is 44.3 Å². The van der Waals surface area contributed by atoms with Crippen molar-refractivity contribution in [2.45, 2.75) is 47.3 Å². The Morgan fingerprint density at radius 2 is 0.767 bits per heavy atom. The molecule has 12 aromatic heterocycles. The number of pyridine rings is 5. The number of esters is 2. The Morgan fingerprint density at radius 1 is 0.405 bits per heavy atom. The average molecular weight is 1820 g/mol. The zero-order valence-electron chi connectivity index (χ0n) is 62.7. The quantitative estimate of drug-likeness (QED) is 0.0253. The van der Waals surface area contributed by atoms with Crippen molar-refractivity contribution in [1.29, 1.82) is 0 Å². The molecule has 15 rings (SSSR count). The number of methoxy groups -OCH3 is 2. The second kappa shape index (κ2) is 43.5. The third kappa shape index (κ3) is 25.3. The van der Waals surface area contributed by atoms with Crippen molar-refractivity contribution in [3.63, 3.8) is 0 Å². The highest BCUT2D eigenvalue weighted by Crippen LogP contribution is 2.35. The Hall–Kier alpha value is -13.5. The summed E-state index contributed by atoms with van der Waals surface area (Å²) >= 11 is 13.3. The van der Waals surface area contributed by atoms with Gasteiger partial charge in [-0.1, -0.05) is 94.5 Å². The Labute approximate surface area is 700 Å². The van der Waals surface area contributed by atoms with Crippen LogP contribution in [0.15, 0.2) is 284 Å². The van der Waals surface area contributed by atoms with Gasteiger partial charge in [0, 0.05) is 124 Å². The molecule has 12 heterocycles. The van der Waals surface area contributed by atoms with Crippen LogP contribution < -0.4 is 31.2 Å². The van der Waals surface area contributed by atoms with Crippen LogP contribution in [-0.4, -0.2) is 122 Å². The van der Waals surface area contributed by atoms with Gasteiger partial charge in [-0.25, -0.2) is 64.9 Å². The summed E-state index contributed by atoms with van der Waals surface area (Å²) in [6.45, 7) is 9.03. The average Bonchev–Trinajstić information content (AvgIpc) is 1.75. The fourth-order valence-electron chi connectivity index (χ4n) is 10.7. The zero-order valence-corrected chi connectivity index (χ0v) is 69.1. The highest BCUT2D eigenvalue weighted by Gasteiger charge is 2.21. The van der Waals surface area contributed by atoms with E-state index in [1.54, 1.807) is 160 Å². The van der Waals surface area contributed by atoms with Crippen molar-refractivity contribution >= 4 is 134 Å². The molecule has 1 amide bonds. The van der Waals surface area contributed by atoms with Gasteiger partial charge in [0.05, 0.1) is 87.4 Å². The number of amides is 1. The lowest BCUT2D eigenvalue weighted by Crippen LogP contribution is -2.20. The smallest absolute Gasteiger partial charge is 0.337 e. The predicted molar refractivity (Wildman–Crippen MR) is 451 cm³/mol. The molecule has 0 radical (unpaired) electrons. The van der Waals surface area contributed by atoms with Gasteiger partial charge in [0.15, 0.2) is 17.5 Å². The maximum Gasteiger partial charge on any atom is 0.337 e. The number of nitrogen functional groups attached to an aromatic ring is 1. The molecule has 0 spiro atoms. The molecular weight excluding hydrogens is 1740 g/mol. The summed E-state index contributed by atoms with van der Waals surface area (Å²) in [6.07, 6.45) is 33.0. The molecule has 0 unspecified atom stereocenters. The maximum atomic E-state index is 11.7. The van der Waals surface area contributed by atoms with Crippen LogP contribution in [-0.2, 0) is 29.1 Å². The molecule has 5 N–H and O–H groups in total. The molecule has 0 aliphatic heterocycles. The number of carbonyl (C=O) groups is 3. The van der Waals surface area contributed by atoms with E-state index < -0.39 is 5.91 Å². The van der Waals surface area contributed by atoms with Gasteiger partial charge in [-0.3, -0.25) is 34.9 Å². The number of aryl methyl sites for hydroxylation is 4. The van der Waals surface area contributed by atoms with Crippen LogP contribution in [0.25, 0.3) is 22.3 Å². The number of nitrogens with zero attached hydrogens (tertiary/aromatic N) is 20. The summed E-state index contributed by atoms with van der Waals surface area (Å²) in [5.41, 5.74) is 16.5. The van der Waals surface area contributed by atoms with Gasteiger partial charge in [-0.15, -0.1) is 0 Å². The van der Waals surface area contributed by atoms with E-state index >= 15 is 0 Å². The summed E-state index contributed by atoms with van der Waals surface area (Å²) in [7, 11) is 2.73. The molecule has 0 fully saturated rings. The Morgan fingerprint density at radius 3 is 1.09 bits per heavy atom. The minimum atomic E-state index is -0.564. The predicted octanol–water partition coefficient (Wildman–Crippen LogP) is 16.9. The van der Waals surface area contributed by atoms with Gasteiger partial charge >= 0.3 is 11.9 Å². The van der Waals surface area contributed by atoms with E-state index in [2.05, 4.69) is 154 Å². The van der Waals surface area contributed by atoms with Crippen molar-refractivity contribution in [2.75, 3.05) is 40.0 Å². The van der Waals surface area contributed by atoms with Crippen LogP contribution in [0.1, 0.15) is 72.1 Å². The minimum Gasteiger partial charge on any atom is -0.465 e. The Balaban J connectivity index is 0.000000171. The molecule has 35 heteroatoms. The first-order valence-corrected chi connectivity index (χ1v) is 37.8. The lowest BCUT2D eigenvalue weighted by atomic mass is 10.1. The van der Waals surface area contributed by atoms with E-state index in [9.17, 15) is 14.4 Å².